The van der Waals surface area contributed by atoms with E-state index in [0.29, 0.717) is 5.56 Å². The molecule has 90 valence electrons. The standard InChI is InChI=1S/C12H9ClF2OS/c1-16-8-4-9(14)11(10(15)5-8)12(13)7-2-3-17-6-7/h2-6,12H,1H3. The number of methoxy groups -OCH3 is 1. The number of hydrogen-bond donors (Lipinski definition) is 0. The number of thiophene rings is 1. The first-order valence-electron chi connectivity index (χ1n) is 4.82. The Hall–Kier alpha value is -1.13. The van der Waals surface area contributed by atoms with Gasteiger partial charge in [-0.05, 0) is 22.4 Å². The molecule has 0 aliphatic rings. The minimum absolute atomic E-state index is 0.137. The summed E-state index contributed by atoms with van der Waals surface area (Å²) in [5, 5.41) is 2.75. The van der Waals surface area contributed by atoms with Crippen molar-refractivity contribution in [2.45, 2.75) is 5.38 Å². The van der Waals surface area contributed by atoms with Gasteiger partial charge in [-0.15, -0.1) is 11.6 Å². The van der Waals surface area contributed by atoms with Gasteiger partial charge in [-0.2, -0.15) is 11.3 Å². The van der Waals surface area contributed by atoms with E-state index in [9.17, 15) is 8.78 Å². The van der Waals surface area contributed by atoms with Crippen molar-refractivity contribution in [3.63, 3.8) is 0 Å². The Morgan fingerprint density at radius 3 is 2.41 bits per heavy atom. The van der Waals surface area contributed by atoms with Crippen molar-refractivity contribution in [2.75, 3.05) is 7.11 Å². The van der Waals surface area contributed by atoms with Crippen molar-refractivity contribution in [1.29, 1.82) is 0 Å². The normalized spacial score (nSPS) is 12.5. The summed E-state index contributed by atoms with van der Waals surface area (Å²) in [5.74, 6) is -1.26. The summed E-state index contributed by atoms with van der Waals surface area (Å²) >= 11 is 7.49. The molecule has 0 radical (unpaired) electrons. The second-order valence-corrected chi connectivity index (χ2v) is 4.64. The molecule has 2 rings (SSSR count). The number of benzene rings is 1. The zero-order chi connectivity index (χ0) is 12.4. The lowest BCUT2D eigenvalue weighted by Gasteiger charge is -2.12. The molecule has 0 aliphatic carbocycles. The fraction of sp³-hybridized carbons (Fsp3) is 0.167. The van der Waals surface area contributed by atoms with E-state index in [0.717, 1.165) is 12.1 Å². The number of alkyl halides is 1. The molecular formula is C12H9ClF2OS. The molecule has 2 aromatic rings. The lowest BCUT2D eigenvalue weighted by Crippen LogP contribution is -2.01. The molecule has 0 N–H and O–H groups in total. The van der Waals surface area contributed by atoms with Crippen LogP contribution in [0.4, 0.5) is 8.78 Å². The topological polar surface area (TPSA) is 9.23 Å². The largest absolute Gasteiger partial charge is 0.497 e. The van der Waals surface area contributed by atoms with Crippen LogP contribution in [0, 0.1) is 11.6 Å². The summed E-state index contributed by atoms with van der Waals surface area (Å²) in [4.78, 5) is 0. The first-order chi connectivity index (χ1) is 8.13. The zero-order valence-corrected chi connectivity index (χ0v) is 10.5. The van der Waals surface area contributed by atoms with Crippen LogP contribution >= 0.6 is 22.9 Å². The van der Waals surface area contributed by atoms with E-state index >= 15 is 0 Å². The monoisotopic (exact) mass is 274 g/mol. The van der Waals surface area contributed by atoms with Crippen LogP contribution in [0.2, 0.25) is 0 Å². The van der Waals surface area contributed by atoms with E-state index in [1.807, 2.05) is 5.38 Å². The highest BCUT2D eigenvalue weighted by molar-refractivity contribution is 7.08. The van der Waals surface area contributed by atoms with Crippen molar-refractivity contribution in [3.05, 3.63) is 51.7 Å². The fourth-order valence-electron chi connectivity index (χ4n) is 1.51. The first kappa shape index (κ1) is 12.3. The Morgan fingerprint density at radius 1 is 1.29 bits per heavy atom. The summed E-state index contributed by atoms with van der Waals surface area (Å²) in [6.45, 7) is 0. The summed E-state index contributed by atoms with van der Waals surface area (Å²) < 4.78 is 32.3. The molecule has 1 nitrogen and oxygen atoms in total. The van der Waals surface area contributed by atoms with Crippen molar-refractivity contribution in [1.82, 2.24) is 0 Å². The minimum atomic E-state index is -0.827. The van der Waals surface area contributed by atoms with Crippen LogP contribution in [0.3, 0.4) is 0 Å². The molecule has 0 fully saturated rings. The molecule has 0 bridgehead atoms. The Kier molecular flexibility index (Phi) is 3.64. The maximum absolute atomic E-state index is 13.7. The van der Waals surface area contributed by atoms with Gasteiger partial charge in [0.05, 0.1) is 12.5 Å². The SMILES string of the molecule is COc1cc(F)c(C(Cl)c2ccsc2)c(F)c1. The quantitative estimate of drug-likeness (QED) is 0.756. The lowest BCUT2D eigenvalue weighted by molar-refractivity contribution is 0.405. The van der Waals surface area contributed by atoms with Crippen LogP contribution in [0.15, 0.2) is 29.0 Å². The summed E-state index contributed by atoms with van der Waals surface area (Å²) in [5.41, 5.74) is 0.533. The molecule has 17 heavy (non-hydrogen) atoms. The molecule has 0 amide bonds. The summed E-state index contributed by atoms with van der Waals surface area (Å²) in [7, 11) is 1.35. The average Bonchev–Trinajstić information content (AvgIpc) is 2.81. The van der Waals surface area contributed by atoms with Gasteiger partial charge in [-0.25, -0.2) is 8.78 Å². The third kappa shape index (κ3) is 2.42. The molecule has 1 heterocycles. The molecular weight excluding hydrogens is 266 g/mol. The van der Waals surface area contributed by atoms with Gasteiger partial charge >= 0.3 is 0 Å². The van der Waals surface area contributed by atoms with Gasteiger partial charge in [0.1, 0.15) is 17.4 Å². The van der Waals surface area contributed by atoms with Crippen LogP contribution < -0.4 is 4.74 Å². The minimum Gasteiger partial charge on any atom is -0.497 e. The van der Waals surface area contributed by atoms with Crippen molar-refractivity contribution in [2.24, 2.45) is 0 Å². The van der Waals surface area contributed by atoms with Gasteiger partial charge in [0.15, 0.2) is 0 Å². The van der Waals surface area contributed by atoms with Gasteiger partial charge < -0.3 is 4.74 Å². The average molecular weight is 275 g/mol. The number of rotatable bonds is 3. The van der Waals surface area contributed by atoms with Crippen LogP contribution in [-0.2, 0) is 0 Å². The van der Waals surface area contributed by atoms with E-state index in [-0.39, 0.29) is 11.3 Å². The van der Waals surface area contributed by atoms with Gasteiger partial charge in [-0.3, -0.25) is 0 Å². The Balaban J connectivity index is 2.45. The molecule has 1 aromatic heterocycles. The van der Waals surface area contributed by atoms with E-state index in [1.54, 1.807) is 11.4 Å². The maximum atomic E-state index is 13.7. The summed E-state index contributed by atoms with van der Waals surface area (Å²) in [6, 6.07) is 3.99. The molecule has 5 heteroatoms. The van der Waals surface area contributed by atoms with Gasteiger partial charge in [-0.1, -0.05) is 0 Å². The number of ether oxygens (including phenoxy) is 1. The second kappa shape index (κ2) is 5.02. The van der Waals surface area contributed by atoms with Crippen LogP contribution in [0.5, 0.6) is 5.75 Å². The smallest absolute Gasteiger partial charge is 0.134 e. The van der Waals surface area contributed by atoms with E-state index < -0.39 is 17.0 Å². The Morgan fingerprint density at radius 2 is 1.94 bits per heavy atom. The second-order valence-electron chi connectivity index (χ2n) is 3.42. The maximum Gasteiger partial charge on any atom is 0.134 e. The Bertz CT molecular complexity index is 490. The fourth-order valence-corrected chi connectivity index (χ4v) is 2.61. The van der Waals surface area contributed by atoms with Crippen LogP contribution in [-0.4, -0.2) is 7.11 Å². The molecule has 0 aliphatic heterocycles. The van der Waals surface area contributed by atoms with Gasteiger partial charge in [0, 0.05) is 17.7 Å². The molecule has 1 unspecified atom stereocenters. The van der Waals surface area contributed by atoms with E-state index in [1.165, 1.54) is 18.4 Å². The molecule has 1 aromatic carbocycles. The third-order valence-electron chi connectivity index (χ3n) is 2.38. The summed E-state index contributed by atoms with van der Waals surface area (Å²) in [6.07, 6.45) is 0. The molecule has 0 saturated heterocycles. The highest BCUT2D eigenvalue weighted by Crippen LogP contribution is 2.35. The number of hydrogen-bond acceptors (Lipinski definition) is 2. The number of halogens is 3. The highest BCUT2D eigenvalue weighted by Gasteiger charge is 2.21. The van der Waals surface area contributed by atoms with Crippen LogP contribution in [0.25, 0.3) is 0 Å². The first-order valence-corrected chi connectivity index (χ1v) is 6.20. The van der Waals surface area contributed by atoms with Crippen molar-refractivity contribution < 1.29 is 13.5 Å². The lowest BCUT2D eigenvalue weighted by atomic mass is 10.1. The molecule has 1 atom stereocenters. The van der Waals surface area contributed by atoms with Crippen molar-refractivity contribution in [3.8, 4) is 5.75 Å². The van der Waals surface area contributed by atoms with Crippen molar-refractivity contribution >= 4 is 22.9 Å². The third-order valence-corrected chi connectivity index (χ3v) is 3.55. The highest BCUT2D eigenvalue weighted by atomic mass is 35.5. The predicted octanol–water partition coefficient (Wildman–Crippen LogP) is 4.36. The Labute approximate surface area is 107 Å². The predicted molar refractivity (Wildman–Crippen MR) is 64.9 cm³/mol. The van der Waals surface area contributed by atoms with Gasteiger partial charge in [0.25, 0.3) is 0 Å². The van der Waals surface area contributed by atoms with Crippen LogP contribution in [0.1, 0.15) is 16.5 Å². The molecule has 0 saturated carbocycles. The zero-order valence-electron chi connectivity index (χ0n) is 8.91. The molecule has 0 spiro atoms. The van der Waals surface area contributed by atoms with E-state index in [4.69, 9.17) is 16.3 Å². The van der Waals surface area contributed by atoms with E-state index in [2.05, 4.69) is 0 Å². The van der Waals surface area contributed by atoms with Gasteiger partial charge in [0.2, 0.25) is 0 Å².